The second kappa shape index (κ2) is 8.56. The first kappa shape index (κ1) is 21.3. The van der Waals surface area contributed by atoms with E-state index in [1.807, 2.05) is 67.5 Å². The number of carbonyl (C=O) groups excluding carboxylic acids is 1. The maximum Gasteiger partial charge on any atom is 0.255 e. The van der Waals surface area contributed by atoms with Crippen LogP contribution in [0.2, 0.25) is 0 Å². The first-order valence-electron chi connectivity index (χ1n) is 7.91. The highest BCUT2D eigenvalue weighted by molar-refractivity contribution is 6.00. The van der Waals surface area contributed by atoms with Crippen LogP contribution < -0.4 is 5.73 Å². The first-order valence-corrected chi connectivity index (χ1v) is 7.91. The van der Waals surface area contributed by atoms with E-state index < -0.39 is 0 Å². The Hall–Kier alpha value is -1.75. The molecule has 1 heterocycles. The molecule has 0 radical (unpaired) electrons. The number of hydrogen-bond donors (Lipinski definition) is 1. The highest BCUT2D eigenvalue weighted by Gasteiger charge is 2.38. The lowest BCUT2D eigenvalue weighted by Crippen LogP contribution is -2.40. The number of rotatable bonds is 4. The summed E-state index contributed by atoms with van der Waals surface area (Å²) in [7, 11) is 4.06. The minimum absolute atomic E-state index is 0. The molecule has 0 saturated carbocycles. The van der Waals surface area contributed by atoms with Crippen molar-refractivity contribution in [1.82, 2.24) is 9.80 Å². The van der Waals surface area contributed by atoms with E-state index in [9.17, 15) is 4.79 Å². The standard InChI is InChI=1S/C19H23N3O.2ClH/c1-13(21(2)3)12-22-18(16-10-6-7-11-17(16)20)14-8-4-5-9-15(14)19(22)23;;/h4-11,13,18H,12,20H2,1-3H3;2*1H. The van der Waals surface area contributed by atoms with Gasteiger partial charge in [-0.1, -0.05) is 36.4 Å². The van der Waals surface area contributed by atoms with Gasteiger partial charge in [-0.25, -0.2) is 0 Å². The lowest BCUT2D eigenvalue weighted by molar-refractivity contribution is 0.0705. The molecule has 1 aliphatic heterocycles. The molecule has 0 spiro atoms. The Balaban J connectivity index is 0.00000156. The molecular weight excluding hydrogens is 357 g/mol. The molecule has 2 aromatic rings. The van der Waals surface area contributed by atoms with Crippen LogP contribution in [0.25, 0.3) is 0 Å². The van der Waals surface area contributed by atoms with E-state index in [0.717, 1.165) is 22.4 Å². The van der Waals surface area contributed by atoms with Crippen LogP contribution in [0.15, 0.2) is 48.5 Å². The quantitative estimate of drug-likeness (QED) is 0.822. The largest absolute Gasteiger partial charge is 0.398 e. The first-order chi connectivity index (χ1) is 11.0. The van der Waals surface area contributed by atoms with Crippen molar-refractivity contribution >= 4 is 36.4 Å². The normalized spacial score (nSPS) is 16.9. The molecular formula is C19H25Cl2N3O. The second-order valence-electron chi connectivity index (χ2n) is 6.39. The van der Waals surface area contributed by atoms with Gasteiger partial charge >= 0.3 is 0 Å². The molecule has 2 unspecified atom stereocenters. The van der Waals surface area contributed by atoms with Gasteiger partial charge in [-0.05, 0) is 38.7 Å². The fourth-order valence-corrected chi connectivity index (χ4v) is 3.10. The second-order valence-corrected chi connectivity index (χ2v) is 6.39. The van der Waals surface area contributed by atoms with Gasteiger partial charge in [0.1, 0.15) is 0 Å². The zero-order chi connectivity index (χ0) is 16.6. The Morgan fingerprint density at radius 1 is 1.04 bits per heavy atom. The number of anilines is 1. The number of benzene rings is 2. The molecule has 25 heavy (non-hydrogen) atoms. The predicted octanol–water partition coefficient (Wildman–Crippen LogP) is 3.61. The van der Waals surface area contributed by atoms with Crippen molar-refractivity contribution in [1.29, 1.82) is 0 Å². The zero-order valence-corrected chi connectivity index (χ0v) is 16.3. The van der Waals surface area contributed by atoms with E-state index in [-0.39, 0.29) is 42.8 Å². The molecule has 3 rings (SSSR count). The third-order valence-electron chi connectivity index (χ3n) is 4.69. The zero-order valence-electron chi connectivity index (χ0n) is 14.7. The molecule has 0 bridgehead atoms. The summed E-state index contributed by atoms with van der Waals surface area (Å²) in [5.41, 5.74) is 9.76. The van der Waals surface area contributed by atoms with Gasteiger partial charge in [-0.15, -0.1) is 24.8 Å². The van der Waals surface area contributed by atoms with Gasteiger partial charge in [0, 0.05) is 29.4 Å². The van der Waals surface area contributed by atoms with E-state index in [4.69, 9.17) is 5.73 Å². The average molecular weight is 382 g/mol. The molecule has 2 aromatic carbocycles. The number of para-hydroxylation sites is 1. The van der Waals surface area contributed by atoms with Crippen LogP contribution in [-0.4, -0.2) is 42.4 Å². The number of nitrogens with zero attached hydrogens (tertiary/aromatic N) is 2. The van der Waals surface area contributed by atoms with Crippen molar-refractivity contribution in [3.05, 3.63) is 65.2 Å². The molecule has 1 amide bonds. The summed E-state index contributed by atoms with van der Waals surface area (Å²) in [6.45, 7) is 2.79. The topological polar surface area (TPSA) is 49.6 Å². The molecule has 0 aromatic heterocycles. The Bertz CT molecular complexity index is 736. The van der Waals surface area contributed by atoms with Crippen LogP contribution in [0.5, 0.6) is 0 Å². The predicted molar refractivity (Wildman–Crippen MR) is 108 cm³/mol. The molecule has 0 saturated heterocycles. The number of halogens is 2. The summed E-state index contributed by atoms with van der Waals surface area (Å²) in [4.78, 5) is 17.0. The number of nitrogens with two attached hydrogens (primary N) is 1. The molecule has 0 fully saturated rings. The highest BCUT2D eigenvalue weighted by Crippen LogP contribution is 2.40. The fourth-order valence-electron chi connectivity index (χ4n) is 3.10. The van der Waals surface area contributed by atoms with Gasteiger partial charge < -0.3 is 15.5 Å². The van der Waals surface area contributed by atoms with Crippen molar-refractivity contribution in [3.8, 4) is 0 Å². The van der Waals surface area contributed by atoms with E-state index in [1.54, 1.807) is 0 Å². The summed E-state index contributed by atoms with van der Waals surface area (Å²) in [6, 6.07) is 15.8. The Labute approximate surface area is 161 Å². The molecule has 2 N–H and O–H groups in total. The van der Waals surface area contributed by atoms with Crippen LogP contribution in [0, 0.1) is 0 Å². The lowest BCUT2D eigenvalue weighted by Gasteiger charge is -2.31. The molecule has 0 aliphatic carbocycles. The van der Waals surface area contributed by atoms with Crippen molar-refractivity contribution in [3.63, 3.8) is 0 Å². The molecule has 136 valence electrons. The molecule has 1 aliphatic rings. The summed E-state index contributed by atoms with van der Waals surface area (Å²) in [5.74, 6) is 0.0857. The number of likely N-dealkylation sites (N-methyl/N-ethyl adjacent to an activating group) is 1. The Morgan fingerprint density at radius 2 is 1.60 bits per heavy atom. The van der Waals surface area contributed by atoms with Crippen LogP contribution in [0.1, 0.15) is 34.5 Å². The monoisotopic (exact) mass is 381 g/mol. The van der Waals surface area contributed by atoms with E-state index in [0.29, 0.717) is 6.54 Å². The minimum atomic E-state index is -0.109. The van der Waals surface area contributed by atoms with Crippen molar-refractivity contribution in [2.24, 2.45) is 0 Å². The lowest BCUT2D eigenvalue weighted by atomic mass is 9.96. The van der Waals surface area contributed by atoms with Crippen LogP contribution in [-0.2, 0) is 0 Å². The fraction of sp³-hybridized carbons (Fsp3) is 0.316. The summed E-state index contributed by atoms with van der Waals surface area (Å²) in [5, 5.41) is 0. The van der Waals surface area contributed by atoms with Gasteiger partial charge in [-0.2, -0.15) is 0 Å². The van der Waals surface area contributed by atoms with E-state index in [2.05, 4.69) is 11.8 Å². The molecule has 6 heteroatoms. The van der Waals surface area contributed by atoms with Gasteiger partial charge in [0.2, 0.25) is 0 Å². The van der Waals surface area contributed by atoms with Crippen molar-refractivity contribution < 1.29 is 4.79 Å². The third-order valence-corrected chi connectivity index (χ3v) is 4.69. The average Bonchev–Trinajstić information content (AvgIpc) is 2.81. The van der Waals surface area contributed by atoms with Crippen molar-refractivity contribution in [2.75, 3.05) is 26.4 Å². The minimum Gasteiger partial charge on any atom is -0.398 e. The highest BCUT2D eigenvalue weighted by atomic mass is 35.5. The van der Waals surface area contributed by atoms with Gasteiger partial charge in [0.25, 0.3) is 5.91 Å². The van der Waals surface area contributed by atoms with Gasteiger partial charge in [0.15, 0.2) is 0 Å². The third kappa shape index (κ3) is 3.92. The number of nitrogen functional groups attached to an aromatic ring is 1. The number of amides is 1. The van der Waals surface area contributed by atoms with Gasteiger partial charge in [-0.3, -0.25) is 4.79 Å². The van der Waals surface area contributed by atoms with Gasteiger partial charge in [0.05, 0.1) is 6.04 Å². The molecule has 2 atom stereocenters. The van der Waals surface area contributed by atoms with Crippen LogP contribution in [0.4, 0.5) is 5.69 Å². The Kier molecular flexibility index (Phi) is 7.29. The Morgan fingerprint density at radius 3 is 2.20 bits per heavy atom. The number of hydrogen-bond acceptors (Lipinski definition) is 3. The maximum absolute atomic E-state index is 12.9. The van der Waals surface area contributed by atoms with E-state index in [1.165, 1.54) is 0 Å². The maximum atomic E-state index is 12.9. The molecule has 4 nitrogen and oxygen atoms in total. The summed E-state index contributed by atoms with van der Waals surface area (Å²) in [6.07, 6.45) is 0. The SMILES string of the molecule is CC(CN1C(=O)c2ccccc2C1c1ccccc1N)N(C)C.Cl.Cl. The number of carbonyl (C=O) groups is 1. The van der Waals surface area contributed by atoms with Crippen molar-refractivity contribution in [2.45, 2.75) is 19.0 Å². The summed E-state index contributed by atoms with van der Waals surface area (Å²) < 4.78 is 0. The van der Waals surface area contributed by atoms with E-state index >= 15 is 0 Å². The van der Waals surface area contributed by atoms with Crippen LogP contribution >= 0.6 is 24.8 Å². The number of fused-ring (bicyclic) bond motifs is 1. The summed E-state index contributed by atoms with van der Waals surface area (Å²) >= 11 is 0. The smallest absolute Gasteiger partial charge is 0.255 e. The van der Waals surface area contributed by atoms with Crippen LogP contribution in [0.3, 0.4) is 0 Å².